The van der Waals surface area contributed by atoms with Crippen molar-refractivity contribution in [3.05, 3.63) is 23.2 Å². The van der Waals surface area contributed by atoms with Crippen LogP contribution in [0.1, 0.15) is 58.1 Å². The van der Waals surface area contributed by atoms with E-state index in [2.05, 4.69) is 39.8 Å². The highest BCUT2D eigenvalue weighted by atomic mass is 16.4. The molecule has 0 aliphatic heterocycles. The third-order valence-corrected chi connectivity index (χ3v) is 2.65. The molecule has 0 unspecified atom stereocenters. The van der Waals surface area contributed by atoms with Gasteiger partial charge in [0.2, 0.25) is 0 Å². The zero-order valence-electron chi connectivity index (χ0n) is 12.4. The minimum absolute atomic E-state index is 0.124. The monoisotopic (exact) mass is 251 g/mol. The van der Waals surface area contributed by atoms with Gasteiger partial charge in [-0.1, -0.05) is 39.8 Å². The van der Waals surface area contributed by atoms with Crippen molar-refractivity contribution in [3.8, 4) is 0 Å². The average Bonchev–Trinajstić information content (AvgIpc) is 2.54. The molecule has 18 heavy (non-hydrogen) atoms. The molecular formula is C15H25NO2. The molecule has 0 bridgehead atoms. The van der Waals surface area contributed by atoms with Gasteiger partial charge in [-0.15, -0.1) is 0 Å². The molecule has 0 radical (unpaired) electrons. The molecule has 0 aromatic carbocycles. The third kappa shape index (κ3) is 3.90. The molecule has 2 rings (SSSR count). The van der Waals surface area contributed by atoms with E-state index in [1.165, 1.54) is 0 Å². The van der Waals surface area contributed by atoms with Crippen molar-refractivity contribution in [1.82, 2.24) is 0 Å². The SMILES string of the molecule is CC(C)C.Cc1cc2c(o1)CC(C)(C)C/C2=N/O. The van der Waals surface area contributed by atoms with Crippen molar-refractivity contribution in [1.29, 1.82) is 0 Å². The van der Waals surface area contributed by atoms with Crippen LogP contribution in [0.2, 0.25) is 0 Å². The molecule has 1 N–H and O–H groups in total. The summed E-state index contributed by atoms with van der Waals surface area (Å²) in [7, 11) is 0. The van der Waals surface area contributed by atoms with Crippen LogP contribution in [0.4, 0.5) is 0 Å². The largest absolute Gasteiger partial charge is 0.466 e. The van der Waals surface area contributed by atoms with Crippen LogP contribution in [0.25, 0.3) is 0 Å². The van der Waals surface area contributed by atoms with Crippen molar-refractivity contribution in [3.63, 3.8) is 0 Å². The molecular weight excluding hydrogens is 226 g/mol. The first-order chi connectivity index (χ1) is 8.25. The molecule has 0 saturated heterocycles. The second-order valence-corrected chi connectivity index (χ2v) is 6.49. The Morgan fingerprint density at radius 3 is 2.33 bits per heavy atom. The summed E-state index contributed by atoms with van der Waals surface area (Å²) in [6.07, 6.45) is 1.71. The Morgan fingerprint density at radius 1 is 1.28 bits per heavy atom. The molecule has 3 heteroatoms. The maximum Gasteiger partial charge on any atom is 0.113 e. The van der Waals surface area contributed by atoms with E-state index in [-0.39, 0.29) is 5.41 Å². The van der Waals surface area contributed by atoms with Crippen LogP contribution in [-0.2, 0) is 6.42 Å². The summed E-state index contributed by atoms with van der Waals surface area (Å²) in [6, 6.07) is 1.94. The maximum absolute atomic E-state index is 8.93. The Hall–Kier alpha value is -1.25. The lowest BCUT2D eigenvalue weighted by atomic mass is 9.76. The number of oxime groups is 1. The molecule has 0 spiro atoms. The molecule has 1 aliphatic carbocycles. The number of rotatable bonds is 0. The van der Waals surface area contributed by atoms with E-state index in [4.69, 9.17) is 9.62 Å². The van der Waals surface area contributed by atoms with Gasteiger partial charge in [0.15, 0.2) is 0 Å². The Bertz CT molecular complexity index is 425. The maximum atomic E-state index is 8.93. The summed E-state index contributed by atoms with van der Waals surface area (Å²) in [6.45, 7) is 12.7. The number of aryl methyl sites for hydroxylation is 1. The van der Waals surface area contributed by atoms with Gasteiger partial charge in [-0.2, -0.15) is 0 Å². The van der Waals surface area contributed by atoms with E-state index in [9.17, 15) is 0 Å². The predicted molar refractivity (Wildman–Crippen MR) is 74.4 cm³/mol. The summed E-state index contributed by atoms with van der Waals surface area (Å²) < 4.78 is 5.58. The van der Waals surface area contributed by atoms with E-state index in [0.717, 1.165) is 41.6 Å². The van der Waals surface area contributed by atoms with Crippen LogP contribution in [0.3, 0.4) is 0 Å². The van der Waals surface area contributed by atoms with Gasteiger partial charge in [-0.25, -0.2) is 0 Å². The van der Waals surface area contributed by atoms with Gasteiger partial charge in [0.25, 0.3) is 0 Å². The number of furan rings is 1. The average molecular weight is 251 g/mol. The fourth-order valence-corrected chi connectivity index (χ4v) is 2.07. The lowest BCUT2D eigenvalue weighted by Gasteiger charge is -2.28. The van der Waals surface area contributed by atoms with Crippen molar-refractivity contribution >= 4 is 5.71 Å². The van der Waals surface area contributed by atoms with Crippen molar-refractivity contribution in [2.45, 2.75) is 54.4 Å². The van der Waals surface area contributed by atoms with Gasteiger partial charge >= 0.3 is 0 Å². The number of hydrogen-bond acceptors (Lipinski definition) is 3. The topological polar surface area (TPSA) is 45.7 Å². The molecule has 1 aliphatic rings. The van der Waals surface area contributed by atoms with Gasteiger partial charge in [0.1, 0.15) is 11.5 Å². The summed E-state index contributed by atoms with van der Waals surface area (Å²) in [4.78, 5) is 0. The van der Waals surface area contributed by atoms with E-state index in [1.54, 1.807) is 0 Å². The highest BCUT2D eigenvalue weighted by molar-refractivity contribution is 6.02. The second-order valence-electron chi connectivity index (χ2n) is 6.49. The Labute approximate surface area is 110 Å². The first-order valence-electron chi connectivity index (χ1n) is 6.56. The fourth-order valence-electron chi connectivity index (χ4n) is 2.07. The van der Waals surface area contributed by atoms with Crippen LogP contribution >= 0.6 is 0 Å². The molecule has 0 atom stereocenters. The van der Waals surface area contributed by atoms with Crippen LogP contribution in [0.15, 0.2) is 15.6 Å². The first kappa shape index (κ1) is 14.8. The van der Waals surface area contributed by atoms with Gasteiger partial charge in [-0.3, -0.25) is 0 Å². The molecule has 1 heterocycles. The number of nitrogens with zero attached hydrogens (tertiary/aromatic N) is 1. The van der Waals surface area contributed by atoms with Crippen LogP contribution in [0.5, 0.6) is 0 Å². The van der Waals surface area contributed by atoms with Gasteiger partial charge < -0.3 is 9.62 Å². The summed E-state index contributed by atoms with van der Waals surface area (Å²) in [5, 5.41) is 12.3. The lowest BCUT2D eigenvalue weighted by molar-refractivity contribution is 0.297. The Balaban J connectivity index is 0.000000357. The normalized spacial score (nSPS) is 19.4. The third-order valence-electron chi connectivity index (χ3n) is 2.65. The summed E-state index contributed by atoms with van der Waals surface area (Å²) in [5.41, 5.74) is 1.84. The van der Waals surface area contributed by atoms with Crippen molar-refractivity contribution < 1.29 is 9.62 Å². The number of hydrogen-bond donors (Lipinski definition) is 1. The first-order valence-corrected chi connectivity index (χ1v) is 6.56. The highest BCUT2D eigenvalue weighted by Gasteiger charge is 2.32. The second kappa shape index (κ2) is 5.59. The van der Waals surface area contributed by atoms with Crippen LogP contribution in [-0.4, -0.2) is 10.9 Å². The highest BCUT2D eigenvalue weighted by Crippen LogP contribution is 2.36. The molecule has 0 amide bonds. The predicted octanol–water partition coefficient (Wildman–Crippen LogP) is 4.40. The van der Waals surface area contributed by atoms with Crippen molar-refractivity contribution in [2.75, 3.05) is 0 Å². The van der Waals surface area contributed by atoms with E-state index >= 15 is 0 Å². The van der Waals surface area contributed by atoms with Gasteiger partial charge in [0, 0.05) is 12.0 Å². The minimum atomic E-state index is 0.124. The van der Waals surface area contributed by atoms with Crippen LogP contribution in [0, 0.1) is 18.3 Å². The van der Waals surface area contributed by atoms with Gasteiger partial charge in [0.05, 0.1) is 5.71 Å². The molecule has 1 aromatic rings. The molecule has 0 fully saturated rings. The van der Waals surface area contributed by atoms with E-state index < -0.39 is 0 Å². The quantitative estimate of drug-likeness (QED) is 0.548. The standard InChI is InChI=1S/C11H15NO2.C4H10/c1-7-4-8-9(12-13)5-11(2,3)6-10(8)14-7;1-4(2)3/h4,13H,5-6H2,1-3H3;4H,1-3H3/b12-9-;. The summed E-state index contributed by atoms with van der Waals surface area (Å²) in [5.74, 6) is 2.67. The molecule has 3 nitrogen and oxygen atoms in total. The molecule has 102 valence electrons. The smallest absolute Gasteiger partial charge is 0.113 e. The minimum Gasteiger partial charge on any atom is -0.466 e. The molecule has 1 aromatic heterocycles. The zero-order valence-corrected chi connectivity index (χ0v) is 12.4. The van der Waals surface area contributed by atoms with Crippen LogP contribution < -0.4 is 0 Å². The fraction of sp³-hybridized carbons (Fsp3) is 0.667. The van der Waals surface area contributed by atoms with Gasteiger partial charge in [-0.05, 0) is 30.7 Å². The van der Waals surface area contributed by atoms with E-state index in [0.29, 0.717) is 0 Å². The number of fused-ring (bicyclic) bond motifs is 1. The summed E-state index contributed by atoms with van der Waals surface area (Å²) >= 11 is 0. The Morgan fingerprint density at radius 2 is 1.83 bits per heavy atom. The zero-order chi connectivity index (χ0) is 13.9. The van der Waals surface area contributed by atoms with Crippen molar-refractivity contribution in [2.24, 2.45) is 16.5 Å². The molecule has 0 saturated carbocycles. The Kier molecular flexibility index (Phi) is 4.60. The van der Waals surface area contributed by atoms with E-state index in [1.807, 2.05) is 13.0 Å². The lowest BCUT2D eigenvalue weighted by Crippen LogP contribution is -2.26.